The maximum absolute atomic E-state index is 11.9. The van der Waals surface area contributed by atoms with Gasteiger partial charge in [0.15, 0.2) is 0 Å². The summed E-state index contributed by atoms with van der Waals surface area (Å²) in [6.45, 7) is 1.39. The van der Waals surface area contributed by atoms with Crippen molar-refractivity contribution in [2.24, 2.45) is 5.11 Å². The van der Waals surface area contributed by atoms with Gasteiger partial charge in [0.25, 0.3) is 5.56 Å². The van der Waals surface area contributed by atoms with E-state index in [9.17, 15) is 24.9 Å². The number of hydrogen-bond donors (Lipinski definition) is 4. The molecule has 0 unspecified atom stereocenters. The Morgan fingerprint density at radius 2 is 2.05 bits per heavy atom. The zero-order chi connectivity index (χ0) is 16.4. The van der Waals surface area contributed by atoms with Gasteiger partial charge in [0.05, 0.1) is 6.10 Å². The molecule has 0 aliphatic carbocycles. The Bertz CT molecular complexity index is 712. The van der Waals surface area contributed by atoms with E-state index in [1.54, 1.807) is 0 Å². The number of nitrogens with zero attached hydrogens (tertiary/aromatic N) is 4. The van der Waals surface area contributed by atoms with Crippen molar-refractivity contribution in [1.82, 2.24) is 9.55 Å². The van der Waals surface area contributed by atoms with Gasteiger partial charge in [0.2, 0.25) is 0 Å². The highest BCUT2D eigenvalue weighted by molar-refractivity contribution is 8.00. The van der Waals surface area contributed by atoms with E-state index in [0.29, 0.717) is 0 Å². The molecular formula is C11H15N5O5S. The van der Waals surface area contributed by atoms with Crippen LogP contribution in [0.4, 0.5) is 0 Å². The summed E-state index contributed by atoms with van der Waals surface area (Å²) in [6.07, 6.45) is -2.97. The number of H-pyrrole nitrogens is 1. The molecule has 2 rings (SSSR count). The Morgan fingerprint density at radius 1 is 1.36 bits per heavy atom. The Morgan fingerprint density at radius 3 is 2.68 bits per heavy atom. The van der Waals surface area contributed by atoms with Gasteiger partial charge in [0, 0.05) is 28.5 Å². The molecule has 1 aromatic rings. The van der Waals surface area contributed by atoms with Gasteiger partial charge in [-0.25, -0.2) is 4.79 Å². The molecule has 22 heavy (non-hydrogen) atoms. The molecule has 5 atom stereocenters. The highest BCUT2D eigenvalue weighted by atomic mass is 32.2. The molecule has 0 bridgehead atoms. The molecule has 0 saturated carbocycles. The Labute approximate surface area is 128 Å². The summed E-state index contributed by atoms with van der Waals surface area (Å²) < 4.78 is 1.09. The fraction of sp³-hybridized carbons (Fsp3) is 0.636. The Hall–Kier alpha value is -1.78. The first-order chi connectivity index (χ1) is 10.4. The molecule has 0 aromatic carbocycles. The van der Waals surface area contributed by atoms with Crippen LogP contribution < -0.4 is 11.2 Å². The molecule has 1 saturated heterocycles. The van der Waals surface area contributed by atoms with Crippen LogP contribution in [-0.4, -0.2) is 55.0 Å². The molecule has 120 valence electrons. The topological polar surface area (TPSA) is 164 Å². The van der Waals surface area contributed by atoms with Crippen LogP contribution in [0, 0.1) is 6.92 Å². The minimum absolute atomic E-state index is 0.111. The van der Waals surface area contributed by atoms with E-state index in [4.69, 9.17) is 5.53 Å². The van der Waals surface area contributed by atoms with Crippen LogP contribution in [-0.2, 0) is 0 Å². The van der Waals surface area contributed by atoms with Crippen molar-refractivity contribution in [1.29, 1.82) is 0 Å². The highest BCUT2D eigenvalue weighted by Gasteiger charge is 2.44. The molecule has 1 fully saturated rings. The van der Waals surface area contributed by atoms with Crippen LogP contribution in [0.15, 0.2) is 20.9 Å². The first-order valence-corrected chi connectivity index (χ1v) is 7.33. The van der Waals surface area contributed by atoms with E-state index >= 15 is 0 Å². The summed E-state index contributed by atoms with van der Waals surface area (Å²) in [5, 5.41) is 31.7. The second-order valence-corrected chi connectivity index (χ2v) is 6.29. The fourth-order valence-electron chi connectivity index (χ4n) is 2.20. The van der Waals surface area contributed by atoms with Gasteiger partial charge >= 0.3 is 5.69 Å². The molecule has 4 N–H and O–H groups in total. The number of nitrogens with one attached hydrogen (secondary N) is 1. The Balaban J connectivity index is 2.41. The molecule has 0 amide bonds. The lowest BCUT2D eigenvalue weighted by Gasteiger charge is -2.40. The minimum atomic E-state index is -1.51. The van der Waals surface area contributed by atoms with Gasteiger partial charge in [-0.3, -0.25) is 14.3 Å². The second kappa shape index (κ2) is 6.55. The monoisotopic (exact) mass is 329 g/mol. The van der Waals surface area contributed by atoms with E-state index in [1.165, 1.54) is 13.1 Å². The van der Waals surface area contributed by atoms with Crippen molar-refractivity contribution in [2.45, 2.75) is 35.9 Å². The summed E-state index contributed by atoms with van der Waals surface area (Å²) in [6, 6.07) is 0. The average molecular weight is 329 g/mol. The second-order valence-electron chi connectivity index (χ2n) is 4.93. The lowest BCUT2D eigenvalue weighted by atomic mass is 10.0. The van der Waals surface area contributed by atoms with Crippen LogP contribution in [0.1, 0.15) is 10.9 Å². The molecule has 2 heterocycles. The van der Waals surface area contributed by atoms with Crippen molar-refractivity contribution in [3.8, 4) is 0 Å². The fourth-order valence-corrected chi connectivity index (χ4v) is 3.65. The highest BCUT2D eigenvalue weighted by Crippen LogP contribution is 2.39. The van der Waals surface area contributed by atoms with Crippen molar-refractivity contribution in [3.63, 3.8) is 0 Å². The van der Waals surface area contributed by atoms with Crippen molar-refractivity contribution in [2.75, 3.05) is 6.54 Å². The molecule has 0 spiro atoms. The summed E-state index contributed by atoms with van der Waals surface area (Å²) >= 11 is 0.989. The lowest BCUT2D eigenvalue weighted by molar-refractivity contribution is -0.0726. The van der Waals surface area contributed by atoms with Gasteiger partial charge in [-0.15, -0.1) is 11.8 Å². The molecule has 11 heteroatoms. The van der Waals surface area contributed by atoms with E-state index < -0.39 is 40.2 Å². The summed E-state index contributed by atoms with van der Waals surface area (Å²) in [5.74, 6) is 0. The third-order valence-corrected chi connectivity index (χ3v) is 4.99. The Kier molecular flexibility index (Phi) is 4.94. The molecule has 1 aliphatic rings. The summed E-state index contributed by atoms with van der Waals surface area (Å²) in [5.41, 5.74) is 7.34. The van der Waals surface area contributed by atoms with Gasteiger partial charge < -0.3 is 15.3 Å². The normalized spacial score (nSPS) is 31.5. The SMILES string of the molecule is Cc1cn([C@@H]2S[C@H](CN=[N+]=[N-])[C@@H](O)[C@H](O)[C@H]2O)c(=O)[nH]c1=O. The van der Waals surface area contributed by atoms with Crippen LogP contribution in [0.2, 0.25) is 0 Å². The van der Waals surface area contributed by atoms with Gasteiger partial charge in [-0.1, -0.05) is 5.11 Å². The minimum Gasteiger partial charge on any atom is -0.389 e. The lowest BCUT2D eigenvalue weighted by Crippen LogP contribution is -2.53. The number of azide groups is 1. The van der Waals surface area contributed by atoms with Crippen LogP contribution in [0.5, 0.6) is 0 Å². The first kappa shape index (κ1) is 16.6. The predicted molar refractivity (Wildman–Crippen MR) is 78.5 cm³/mol. The van der Waals surface area contributed by atoms with Crippen LogP contribution in [0.25, 0.3) is 10.4 Å². The van der Waals surface area contributed by atoms with Gasteiger partial charge in [-0.2, -0.15) is 0 Å². The predicted octanol–water partition coefficient (Wildman–Crippen LogP) is -1.15. The van der Waals surface area contributed by atoms with Gasteiger partial charge in [0.1, 0.15) is 17.6 Å². The largest absolute Gasteiger partial charge is 0.389 e. The number of aliphatic hydroxyl groups excluding tert-OH is 3. The number of aliphatic hydroxyl groups is 3. The zero-order valence-electron chi connectivity index (χ0n) is 11.5. The molecule has 1 aliphatic heterocycles. The number of aromatic amines is 1. The average Bonchev–Trinajstić information content (AvgIpc) is 2.48. The third-order valence-electron chi connectivity index (χ3n) is 3.43. The molecular weight excluding hydrogens is 314 g/mol. The quantitative estimate of drug-likeness (QED) is 0.310. The van der Waals surface area contributed by atoms with E-state index in [1.807, 2.05) is 0 Å². The van der Waals surface area contributed by atoms with Gasteiger partial charge in [-0.05, 0) is 12.5 Å². The van der Waals surface area contributed by atoms with Crippen LogP contribution in [0.3, 0.4) is 0 Å². The summed E-state index contributed by atoms with van der Waals surface area (Å²) in [4.78, 5) is 28.0. The molecule has 10 nitrogen and oxygen atoms in total. The maximum atomic E-state index is 11.9. The zero-order valence-corrected chi connectivity index (χ0v) is 12.3. The number of aromatic nitrogens is 2. The maximum Gasteiger partial charge on any atom is 0.329 e. The number of hydrogen-bond acceptors (Lipinski definition) is 7. The standard InChI is InChI=1S/C11H15N5O5S/c1-4-3-16(11(21)14-9(4)20)10-8(19)7(18)6(17)5(22-10)2-13-15-12/h3,5-8,10,17-19H,2H2,1H3,(H,14,20,21)/t5-,6-,7+,8-,10-/m1/s1. The number of thioether (sulfide) groups is 1. The molecule has 0 radical (unpaired) electrons. The van der Waals surface area contributed by atoms with E-state index in [0.717, 1.165) is 16.3 Å². The first-order valence-electron chi connectivity index (χ1n) is 6.39. The summed E-state index contributed by atoms with van der Waals surface area (Å²) in [7, 11) is 0. The van der Waals surface area contributed by atoms with Crippen LogP contribution >= 0.6 is 11.8 Å². The van der Waals surface area contributed by atoms with Crippen molar-refractivity contribution >= 4 is 11.8 Å². The van der Waals surface area contributed by atoms with E-state index in [-0.39, 0.29) is 12.1 Å². The third kappa shape index (κ3) is 3.03. The molecule has 1 aromatic heterocycles. The number of aryl methyl sites for hydroxylation is 1. The van der Waals surface area contributed by atoms with Crippen molar-refractivity contribution < 1.29 is 15.3 Å². The number of rotatable bonds is 3. The smallest absolute Gasteiger partial charge is 0.329 e. The van der Waals surface area contributed by atoms with E-state index in [2.05, 4.69) is 15.0 Å². The van der Waals surface area contributed by atoms with Crippen molar-refractivity contribution in [3.05, 3.63) is 43.0 Å².